The van der Waals surface area contributed by atoms with Gasteiger partial charge >= 0.3 is 0 Å². The molecule has 3 rings (SSSR count). The largest absolute Gasteiger partial charge is 0.347 e. The summed E-state index contributed by atoms with van der Waals surface area (Å²) in [6.45, 7) is 4.67. The van der Waals surface area contributed by atoms with Crippen LogP contribution in [0.25, 0.3) is 0 Å². The number of H-pyrrole nitrogens is 1. The minimum absolute atomic E-state index is 0.117. The van der Waals surface area contributed by atoms with Gasteiger partial charge in [0.1, 0.15) is 5.69 Å². The molecule has 1 aromatic heterocycles. The third kappa shape index (κ3) is 2.74. The van der Waals surface area contributed by atoms with E-state index in [0.29, 0.717) is 18.2 Å². The Morgan fingerprint density at radius 3 is 2.85 bits per heavy atom. The summed E-state index contributed by atoms with van der Waals surface area (Å²) in [5.41, 5.74) is 5.14. The second kappa shape index (κ2) is 5.12. The maximum Gasteiger partial charge on any atom is 0.272 e. The molecule has 2 N–H and O–H groups in total. The molecule has 0 radical (unpaired) electrons. The predicted octanol–water partition coefficient (Wildman–Crippen LogP) is 2.83. The first-order chi connectivity index (χ1) is 9.63. The van der Waals surface area contributed by atoms with Gasteiger partial charge in [0, 0.05) is 18.2 Å². The Morgan fingerprint density at radius 1 is 1.35 bits per heavy atom. The lowest BCUT2D eigenvalue weighted by atomic mass is 10.1. The predicted molar refractivity (Wildman–Crippen MR) is 77.6 cm³/mol. The third-order valence-corrected chi connectivity index (χ3v) is 3.78. The average Bonchev–Trinajstić information content (AvgIpc) is 3.15. The number of aromatic amines is 1. The van der Waals surface area contributed by atoms with E-state index in [4.69, 9.17) is 0 Å². The van der Waals surface area contributed by atoms with Crippen molar-refractivity contribution in [3.63, 3.8) is 0 Å². The van der Waals surface area contributed by atoms with Crippen molar-refractivity contribution in [2.24, 2.45) is 0 Å². The van der Waals surface area contributed by atoms with Crippen molar-refractivity contribution in [2.75, 3.05) is 0 Å². The molecule has 0 atom stereocenters. The molecule has 1 aliphatic carbocycles. The van der Waals surface area contributed by atoms with E-state index in [0.717, 1.165) is 11.3 Å². The molecule has 0 bridgehead atoms. The molecule has 0 unspecified atom stereocenters. The Bertz CT molecular complexity index is 641. The first-order valence-corrected chi connectivity index (χ1v) is 7.03. The highest BCUT2D eigenvalue weighted by atomic mass is 16.1. The molecule has 0 saturated heterocycles. The van der Waals surface area contributed by atoms with Gasteiger partial charge in [-0.05, 0) is 43.9 Å². The van der Waals surface area contributed by atoms with Crippen LogP contribution in [0, 0.1) is 13.8 Å². The summed E-state index contributed by atoms with van der Waals surface area (Å²) in [6.07, 6.45) is 2.40. The molecular formula is C16H19N3O. The zero-order valence-electron chi connectivity index (χ0n) is 11.9. The molecule has 0 aliphatic heterocycles. The molecule has 1 amide bonds. The number of aromatic nitrogens is 2. The van der Waals surface area contributed by atoms with E-state index in [1.54, 1.807) is 0 Å². The highest BCUT2D eigenvalue weighted by molar-refractivity contribution is 5.92. The first-order valence-electron chi connectivity index (χ1n) is 7.03. The van der Waals surface area contributed by atoms with Gasteiger partial charge in [-0.15, -0.1) is 0 Å². The van der Waals surface area contributed by atoms with Gasteiger partial charge in [-0.25, -0.2) is 0 Å². The molecule has 1 saturated carbocycles. The normalized spacial score (nSPS) is 14.3. The molecule has 20 heavy (non-hydrogen) atoms. The highest BCUT2D eigenvalue weighted by Gasteiger charge is 2.26. The number of carbonyl (C=O) groups excluding carboxylic acids is 1. The van der Waals surface area contributed by atoms with Gasteiger partial charge < -0.3 is 5.32 Å². The van der Waals surface area contributed by atoms with Gasteiger partial charge in [-0.1, -0.05) is 23.8 Å². The van der Waals surface area contributed by atoms with Crippen molar-refractivity contribution < 1.29 is 4.79 Å². The Hall–Kier alpha value is -2.10. The maximum atomic E-state index is 12.1. The molecule has 104 valence electrons. The molecular weight excluding hydrogens is 250 g/mol. The van der Waals surface area contributed by atoms with E-state index in [1.165, 1.54) is 24.0 Å². The van der Waals surface area contributed by atoms with Crippen LogP contribution in [-0.4, -0.2) is 16.1 Å². The number of hydrogen-bond donors (Lipinski definition) is 2. The van der Waals surface area contributed by atoms with Crippen molar-refractivity contribution in [1.82, 2.24) is 15.5 Å². The van der Waals surface area contributed by atoms with Crippen molar-refractivity contribution in [1.29, 1.82) is 0 Å². The number of nitrogens with one attached hydrogen (secondary N) is 2. The summed E-state index contributed by atoms with van der Waals surface area (Å²) >= 11 is 0. The number of carbonyl (C=O) groups is 1. The minimum atomic E-state index is -0.117. The quantitative estimate of drug-likeness (QED) is 0.896. The van der Waals surface area contributed by atoms with E-state index in [-0.39, 0.29) is 5.91 Å². The molecule has 0 spiro atoms. The van der Waals surface area contributed by atoms with Gasteiger partial charge in [0.15, 0.2) is 0 Å². The van der Waals surface area contributed by atoms with Crippen LogP contribution in [-0.2, 0) is 6.54 Å². The van der Waals surface area contributed by atoms with Gasteiger partial charge in [0.05, 0.1) is 0 Å². The van der Waals surface area contributed by atoms with E-state index in [1.807, 2.05) is 6.07 Å². The highest BCUT2D eigenvalue weighted by Crippen LogP contribution is 2.38. The number of rotatable bonds is 4. The Balaban J connectivity index is 1.63. The van der Waals surface area contributed by atoms with Crippen LogP contribution in [0.15, 0.2) is 24.3 Å². The third-order valence-electron chi connectivity index (χ3n) is 3.78. The fourth-order valence-electron chi connectivity index (χ4n) is 2.37. The molecule has 2 aromatic rings. The van der Waals surface area contributed by atoms with Crippen LogP contribution in [0.3, 0.4) is 0 Å². The monoisotopic (exact) mass is 269 g/mol. The molecule has 1 aliphatic rings. The van der Waals surface area contributed by atoms with Crippen LogP contribution >= 0.6 is 0 Å². The Morgan fingerprint density at radius 2 is 2.15 bits per heavy atom. The van der Waals surface area contributed by atoms with Crippen LogP contribution in [0.4, 0.5) is 0 Å². The zero-order valence-corrected chi connectivity index (χ0v) is 11.9. The van der Waals surface area contributed by atoms with Gasteiger partial charge in [0.25, 0.3) is 5.91 Å². The van der Waals surface area contributed by atoms with E-state index < -0.39 is 0 Å². The minimum Gasteiger partial charge on any atom is -0.347 e. The Kier molecular flexibility index (Phi) is 3.30. The van der Waals surface area contributed by atoms with Gasteiger partial charge in [-0.2, -0.15) is 5.10 Å². The Labute approximate surface area is 118 Å². The fraction of sp³-hybridized carbons (Fsp3) is 0.375. The van der Waals surface area contributed by atoms with Gasteiger partial charge in [-0.3, -0.25) is 9.89 Å². The number of hydrogen-bond acceptors (Lipinski definition) is 2. The maximum absolute atomic E-state index is 12.1. The van der Waals surface area contributed by atoms with E-state index >= 15 is 0 Å². The fourth-order valence-corrected chi connectivity index (χ4v) is 2.37. The number of benzene rings is 1. The first kappa shape index (κ1) is 12.9. The van der Waals surface area contributed by atoms with E-state index in [9.17, 15) is 4.79 Å². The molecule has 1 aromatic carbocycles. The summed E-state index contributed by atoms with van der Waals surface area (Å²) in [5.74, 6) is 0.469. The molecule has 1 heterocycles. The summed E-state index contributed by atoms with van der Waals surface area (Å²) in [4.78, 5) is 12.1. The zero-order chi connectivity index (χ0) is 14.1. The van der Waals surface area contributed by atoms with E-state index in [2.05, 4.69) is 47.6 Å². The van der Waals surface area contributed by atoms with Crippen molar-refractivity contribution in [3.8, 4) is 0 Å². The van der Waals surface area contributed by atoms with Gasteiger partial charge in [0.2, 0.25) is 0 Å². The summed E-state index contributed by atoms with van der Waals surface area (Å²) in [6, 6.07) is 8.12. The average molecular weight is 269 g/mol. The van der Waals surface area contributed by atoms with Crippen LogP contribution in [0.1, 0.15) is 51.6 Å². The lowest BCUT2D eigenvalue weighted by Crippen LogP contribution is -2.23. The summed E-state index contributed by atoms with van der Waals surface area (Å²) < 4.78 is 0. The standard InChI is InChI=1S/C16H19N3O/c1-10-3-4-13(11(2)7-10)9-17-16(20)15-8-14(18-19-15)12-5-6-12/h3-4,7-8,12H,5-6,9H2,1-2H3,(H,17,20)(H,18,19). The number of nitrogens with zero attached hydrogens (tertiary/aromatic N) is 1. The van der Waals surface area contributed by atoms with Crippen molar-refractivity contribution in [3.05, 3.63) is 52.3 Å². The van der Waals surface area contributed by atoms with Crippen molar-refractivity contribution in [2.45, 2.75) is 39.2 Å². The topological polar surface area (TPSA) is 57.8 Å². The number of amides is 1. The summed E-state index contributed by atoms with van der Waals surface area (Å²) in [7, 11) is 0. The lowest BCUT2D eigenvalue weighted by molar-refractivity contribution is 0.0946. The second-order valence-electron chi connectivity index (χ2n) is 5.60. The van der Waals surface area contributed by atoms with Crippen LogP contribution in [0.5, 0.6) is 0 Å². The molecule has 4 nitrogen and oxygen atoms in total. The SMILES string of the molecule is Cc1ccc(CNC(=O)c2cc(C3CC3)[nH]n2)c(C)c1. The molecule has 4 heteroatoms. The van der Waals surface area contributed by atoms with Crippen molar-refractivity contribution >= 4 is 5.91 Å². The van der Waals surface area contributed by atoms with Crippen LogP contribution in [0.2, 0.25) is 0 Å². The number of aryl methyl sites for hydroxylation is 2. The second-order valence-corrected chi connectivity index (χ2v) is 5.60. The lowest BCUT2D eigenvalue weighted by Gasteiger charge is -2.07. The smallest absolute Gasteiger partial charge is 0.272 e. The molecule has 1 fully saturated rings. The van der Waals surface area contributed by atoms with Crippen LogP contribution < -0.4 is 5.32 Å². The summed E-state index contributed by atoms with van der Waals surface area (Å²) in [5, 5.41) is 9.97.